The van der Waals surface area contributed by atoms with Crippen LogP contribution in [0.1, 0.15) is 45.7 Å². The van der Waals surface area contributed by atoms with Gasteiger partial charge < -0.3 is 20.1 Å². The van der Waals surface area contributed by atoms with Crippen molar-refractivity contribution in [1.82, 2.24) is 9.78 Å². The van der Waals surface area contributed by atoms with E-state index in [0.29, 0.717) is 22.7 Å². The van der Waals surface area contributed by atoms with Gasteiger partial charge in [0.15, 0.2) is 23.2 Å². The second-order valence-corrected chi connectivity index (χ2v) is 8.22. The van der Waals surface area contributed by atoms with Gasteiger partial charge in [0.1, 0.15) is 5.82 Å². The smallest absolute Gasteiger partial charge is 0.410 e. The lowest BCUT2D eigenvalue weighted by Gasteiger charge is -2.33. The van der Waals surface area contributed by atoms with Crippen molar-refractivity contribution in [1.29, 1.82) is 0 Å². The van der Waals surface area contributed by atoms with Crippen LogP contribution in [0.3, 0.4) is 0 Å². The number of carbonyl (C=O) groups excluding carboxylic acids is 1. The predicted octanol–water partition coefficient (Wildman–Crippen LogP) is 5.14. The van der Waals surface area contributed by atoms with Crippen molar-refractivity contribution in [2.45, 2.75) is 38.5 Å². The Hall–Kier alpha value is -3.69. The number of nitrogens with one attached hydrogen (secondary N) is 2. The van der Waals surface area contributed by atoms with Crippen LogP contribution in [-0.2, 0) is 0 Å². The first-order valence-electron chi connectivity index (χ1n) is 10.4. The van der Waals surface area contributed by atoms with E-state index in [-0.39, 0.29) is 24.7 Å². The van der Waals surface area contributed by atoms with Crippen LogP contribution < -0.4 is 20.1 Å². The average Bonchev–Trinajstić information content (AvgIpc) is 3.41. The first kappa shape index (κ1) is 21.2. The van der Waals surface area contributed by atoms with Crippen molar-refractivity contribution in [3.8, 4) is 11.5 Å². The van der Waals surface area contributed by atoms with E-state index in [1.54, 1.807) is 30.3 Å². The fourth-order valence-electron chi connectivity index (χ4n) is 4.05. The van der Waals surface area contributed by atoms with Gasteiger partial charge in [-0.25, -0.2) is 4.68 Å². The molecule has 172 valence electrons. The lowest BCUT2D eigenvalue weighted by Crippen LogP contribution is -2.35. The van der Waals surface area contributed by atoms with Crippen LogP contribution in [-0.4, -0.2) is 28.7 Å². The molecule has 0 aliphatic carbocycles. The van der Waals surface area contributed by atoms with Crippen molar-refractivity contribution < 1.29 is 27.4 Å². The summed E-state index contributed by atoms with van der Waals surface area (Å²) in [5, 5.41) is 9.79. The molecule has 1 amide bonds. The van der Waals surface area contributed by atoms with Gasteiger partial charge in [-0.3, -0.25) is 4.79 Å². The van der Waals surface area contributed by atoms with Crippen molar-refractivity contribution in [3.63, 3.8) is 0 Å². The highest BCUT2D eigenvalue weighted by Crippen LogP contribution is 2.45. The van der Waals surface area contributed by atoms with Crippen molar-refractivity contribution in [2.24, 2.45) is 0 Å². The second-order valence-electron chi connectivity index (χ2n) is 8.22. The summed E-state index contributed by atoms with van der Waals surface area (Å²) in [5.41, 5.74) is 3.13. The number of ether oxygens (including phenoxy) is 2. The van der Waals surface area contributed by atoms with E-state index in [4.69, 9.17) is 9.47 Å². The molecule has 0 spiro atoms. The van der Waals surface area contributed by atoms with Gasteiger partial charge in [0, 0.05) is 18.2 Å². The number of aryl methyl sites for hydroxylation is 2. The zero-order valence-corrected chi connectivity index (χ0v) is 17.9. The summed E-state index contributed by atoms with van der Waals surface area (Å²) in [6.07, 6.45) is -4.82. The Balaban J connectivity index is 1.44. The molecule has 0 bridgehead atoms. The number of rotatable bonds is 3. The number of nitrogens with zero attached hydrogens (tertiary/aromatic N) is 2. The minimum atomic E-state index is -4.54. The van der Waals surface area contributed by atoms with Crippen molar-refractivity contribution >= 4 is 17.4 Å². The molecule has 0 fully saturated rings. The zero-order chi connectivity index (χ0) is 23.3. The van der Waals surface area contributed by atoms with Crippen LogP contribution in [0, 0.1) is 13.8 Å². The molecule has 7 nitrogen and oxygen atoms in total. The molecule has 2 N–H and O–H groups in total. The minimum Gasteiger partial charge on any atom is -0.454 e. The summed E-state index contributed by atoms with van der Waals surface area (Å²) in [6, 6.07) is 9.27. The van der Waals surface area contributed by atoms with Gasteiger partial charge in [0.25, 0.3) is 5.91 Å². The SMILES string of the molecule is Cc1ccc(NC(=O)c2cc3n(n2)C(C(F)(F)F)CC(c2ccc4c(c2)OCO4)N3)cc1C. The van der Waals surface area contributed by atoms with Crippen molar-refractivity contribution in [2.75, 3.05) is 17.4 Å². The Morgan fingerprint density at radius 3 is 2.64 bits per heavy atom. The number of amides is 1. The first-order valence-corrected chi connectivity index (χ1v) is 10.4. The molecular formula is C23H21F3N4O3. The fourth-order valence-corrected chi connectivity index (χ4v) is 4.05. The Morgan fingerprint density at radius 2 is 1.88 bits per heavy atom. The summed E-state index contributed by atoms with van der Waals surface area (Å²) in [6.45, 7) is 3.94. The largest absolute Gasteiger partial charge is 0.454 e. The average molecular weight is 458 g/mol. The molecule has 2 atom stereocenters. The van der Waals surface area contributed by atoms with Crippen molar-refractivity contribution in [3.05, 3.63) is 64.8 Å². The highest BCUT2D eigenvalue weighted by molar-refractivity contribution is 6.03. The number of aromatic nitrogens is 2. The highest BCUT2D eigenvalue weighted by Gasteiger charge is 2.47. The zero-order valence-electron chi connectivity index (χ0n) is 17.9. The number of anilines is 2. The van der Waals surface area contributed by atoms with Crippen LogP contribution in [0.25, 0.3) is 0 Å². The van der Waals surface area contributed by atoms with E-state index in [9.17, 15) is 18.0 Å². The number of alkyl halides is 3. The topological polar surface area (TPSA) is 77.4 Å². The third-order valence-electron chi connectivity index (χ3n) is 5.99. The molecule has 1 aromatic heterocycles. The van der Waals surface area contributed by atoms with E-state index in [2.05, 4.69) is 15.7 Å². The second kappa shape index (κ2) is 7.72. The summed E-state index contributed by atoms with van der Waals surface area (Å²) in [7, 11) is 0. The molecule has 2 aromatic carbocycles. The van der Waals surface area contributed by atoms with E-state index < -0.39 is 24.2 Å². The molecule has 10 heteroatoms. The molecule has 3 heterocycles. The normalized spacial score (nSPS) is 19.1. The van der Waals surface area contributed by atoms with Gasteiger partial charge in [0.2, 0.25) is 6.79 Å². The third-order valence-corrected chi connectivity index (χ3v) is 5.99. The van der Waals surface area contributed by atoms with Gasteiger partial charge in [-0.1, -0.05) is 12.1 Å². The number of hydrogen-bond acceptors (Lipinski definition) is 5. The summed E-state index contributed by atoms with van der Waals surface area (Å²) in [4.78, 5) is 12.7. The first-order chi connectivity index (χ1) is 15.7. The molecule has 3 aromatic rings. The summed E-state index contributed by atoms with van der Waals surface area (Å²) < 4.78 is 53.3. The Bertz CT molecular complexity index is 1240. The highest BCUT2D eigenvalue weighted by atomic mass is 19.4. The van der Waals surface area contributed by atoms with Gasteiger partial charge >= 0.3 is 6.18 Å². The molecule has 2 aliphatic heterocycles. The lowest BCUT2D eigenvalue weighted by atomic mass is 9.96. The number of carbonyl (C=O) groups is 1. The summed E-state index contributed by atoms with van der Waals surface area (Å²) in [5.74, 6) is 0.585. The molecule has 0 saturated heterocycles. The molecular weight excluding hydrogens is 437 g/mol. The quantitative estimate of drug-likeness (QED) is 0.568. The van der Waals surface area contributed by atoms with Gasteiger partial charge in [-0.15, -0.1) is 0 Å². The molecule has 0 saturated carbocycles. The molecule has 5 rings (SSSR count). The molecule has 2 unspecified atom stereocenters. The standard InChI is InChI=1S/C23H21F3N4O3/c1-12-3-5-15(7-13(12)2)27-22(31)17-10-21-28-16(9-20(23(24,25)26)30(21)29-17)14-4-6-18-19(8-14)33-11-32-18/h3-8,10,16,20,28H,9,11H2,1-2H3,(H,27,31). The monoisotopic (exact) mass is 458 g/mol. The van der Waals surface area contributed by atoms with Crippen LogP contribution in [0.5, 0.6) is 11.5 Å². The minimum absolute atomic E-state index is 0.0772. The maximum atomic E-state index is 13.9. The molecule has 2 aliphatic rings. The number of fused-ring (bicyclic) bond motifs is 2. The Labute approximate surface area is 187 Å². The van der Waals surface area contributed by atoms with Crippen LogP contribution in [0.2, 0.25) is 0 Å². The number of halogens is 3. The number of hydrogen-bond donors (Lipinski definition) is 2. The van der Waals surface area contributed by atoms with E-state index >= 15 is 0 Å². The summed E-state index contributed by atoms with van der Waals surface area (Å²) >= 11 is 0. The van der Waals surface area contributed by atoms with E-state index in [0.717, 1.165) is 15.8 Å². The maximum Gasteiger partial charge on any atom is 0.410 e. The van der Waals surface area contributed by atoms with E-state index in [1.165, 1.54) is 6.07 Å². The fraction of sp³-hybridized carbons (Fsp3) is 0.304. The molecule has 0 radical (unpaired) electrons. The van der Waals surface area contributed by atoms with Gasteiger partial charge in [-0.2, -0.15) is 18.3 Å². The van der Waals surface area contributed by atoms with Gasteiger partial charge in [0.05, 0.1) is 6.04 Å². The number of benzene rings is 2. The van der Waals surface area contributed by atoms with Crippen LogP contribution >= 0.6 is 0 Å². The Kier molecular flexibility index (Phi) is 4.95. The maximum absolute atomic E-state index is 13.9. The van der Waals surface area contributed by atoms with Crippen LogP contribution in [0.4, 0.5) is 24.7 Å². The predicted molar refractivity (Wildman–Crippen MR) is 115 cm³/mol. The molecule has 33 heavy (non-hydrogen) atoms. The van der Waals surface area contributed by atoms with Crippen LogP contribution in [0.15, 0.2) is 42.5 Å². The van der Waals surface area contributed by atoms with Gasteiger partial charge in [-0.05, 0) is 54.8 Å². The lowest BCUT2D eigenvalue weighted by molar-refractivity contribution is -0.173. The van der Waals surface area contributed by atoms with E-state index in [1.807, 2.05) is 19.9 Å². The Morgan fingerprint density at radius 1 is 1.09 bits per heavy atom. The third kappa shape index (κ3) is 3.96.